The maximum absolute atomic E-state index is 10.2. The summed E-state index contributed by atoms with van der Waals surface area (Å²) in [5.74, 6) is 4.24. The third-order valence-corrected chi connectivity index (χ3v) is 10.3. The van der Waals surface area contributed by atoms with Gasteiger partial charge >= 0.3 is 0 Å². The molecule has 8 atom stereocenters. The summed E-state index contributed by atoms with van der Waals surface area (Å²) in [5, 5.41) is 20.3. The molecule has 0 heterocycles. The van der Waals surface area contributed by atoms with Crippen LogP contribution >= 0.6 is 0 Å². The van der Waals surface area contributed by atoms with Crippen LogP contribution in [0, 0.1) is 40.4 Å². The first-order valence-corrected chi connectivity index (χ1v) is 12.6. The fourth-order valence-corrected chi connectivity index (χ4v) is 8.67. The number of aliphatic hydroxyl groups excluding tert-OH is 1. The normalized spacial score (nSPS) is 44.2. The summed E-state index contributed by atoms with van der Waals surface area (Å²) in [6, 6.07) is 0. The first-order valence-electron chi connectivity index (χ1n) is 12.6. The van der Waals surface area contributed by atoms with Crippen LogP contribution in [0.15, 0.2) is 11.6 Å². The molecule has 0 bridgehead atoms. The van der Waals surface area contributed by atoms with Crippen LogP contribution < -0.4 is 0 Å². The molecule has 0 amide bonds. The quantitative estimate of drug-likeness (QED) is 0.562. The Labute approximate surface area is 185 Å². The predicted molar refractivity (Wildman–Crippen MR) is 124 cm³/mol. The molecule has 0 aromatic carbocycles. The minimum Gasteiger partial charge on any atom is -0.412 e. The van der Waals surface area contributed by atoms with E-state index in [1.165, 1.54) is 44.9 Å². The van der Waals surface area contributed by atoms with E-state index in [0.29, 0.717) is 10.8 Å². The molecule has 0 radical (unpaired) electrons. The van der Waals surface area contributed by atoms with Gasteiger partial charge in [-0.25, -0.2) is 0 Å². The molecular formula is C27H48O3. The van der Waals surface area contributed by atoms with Gasteiger partial charge in [-0.2, -0.15) is 0 Å². The average Bonchev–Trinajstić information content (AvgIpc) is 2.98. The number of hydrogen-bond acceptors (Lipinski definition) is 2. The lowest BCUT2D eigenvalue weighted by Gasteiger charge is -2.58. The summed E-state index contributed by atoms with van der Waals surface area (Å²) >= 11 is 0. The van der Waals surface area contributed by atoms with Crippen LogP contribution in [0.3, 0.4) is 0 Å². The van der Waals surface area contributed by atoms with Gasteiger partial charge in [0.25, 0.3) is 0 Å². The minimum atomic E-state index is -0.519. The highest BCUT2D eigenvalue weighted by atomic mass is 16.3. The molecular weight excluding hydrogens is 372 g/mol. The summed E-state index contributed by atoms with van der Waals surface area (Å²) < 4.78 is 0. The molecule has 3 fully saturated rings. The smallest absolute Gasteiger partial charge is 0.0591 e. The molecule has 4 aliphatic rings. The van der Waals surface area contributed by atoms with E-state index in [2.05, 4.69) is 26.8 Å². The summed E-state index contributed by atoms with van der Waals surface area (Å²) in [7, 11) is 0. The van der Waals surface area contributed by atoms with Crippen molar-refractivity contribution in [3.63, 3.8) is 0 Å². The molecule has 0 unspecified atom stereocenters. The topological polar surface area (TPSA) is 72.0 Å². The Balaban J connectivity index is 0.00000256. The number of hydrogen-bond donors (Lipinski definition) is 2. The second-order valence-electron chi connectivity index (χ2n) is 12.6. The van der Waals surface area contributed by atoms with Gasteiger partial charge in [0, 0.05) is 0 Å². The second-order valence-corrected chi connectivity index (χ2v) is 12.6. The van der Waals surface area contributed by atoms with Crippen molar-refractivity contribution >= 4 is 0 Å². The predicted octanol–water partition coefficient (Wildman–Crippen LogP) is 5.68. The lowest BCUT2D eigenvalue weighted by atomic mass is 9.47. The van der Waals surface area contributed by atoms with E-state index in [1.807, 2.05) is 13.8 Å². The van der Waals surface area contributed by atoms with Gasteiger partial charge in [-0.15, -0.1) is 0 Å². The van der Waals surface area contributed by atoms with Crippen molar-refractivity contribution in [1.29, 1.82) is 0 Å². The third-order valence-electron chi connectivity index (χ3n) is 10.3. The third kappa shape index (κ3) is 4.16. The molecule has 4 rings (SSSR count). The highest BCUT2D eigenvalue weighted by Gasteiger charge is 2.59. The first-order chi connectivity index (χ1) is 13.5. The number of allylic oxidation sites excluding steroid dienone is 1. The van der Waals surface area contributed by atoms with Crippen molar-refractivity contribution in [1.82, 2.24) is 0 Å². The Morgan fingerprint density at radius 3 is 2.53 bits per heavy atom. The monoisotopic (exact) mass is 420 g/mol. The van der Waals surface area contributed by atoms with Crippen molar-refractivity contribution in [2.24, 2.45) is 40.4 Å². The van der Waals surface area contributed by atoms with Gasteiger partial charge in [-0.05, 0) is 112 Å². The Morgan fingerprint density at radius 2 is 1.83 bits per heavy atom. The first kappa shape index (κ1) is 24.3. The summed E-state index contributed by atoms with van der Waals surface area (Å²) in [4.78, 5) is 0. The lowest BCUT2D eigenvalue weighted by molar-refractivity contribution is -0.0575. The van der Waals surface area contributed by atoms with E-state index in [9.17, 15) is 10.2 Å². The maximum atomic E-state index is 10.2. The Bertz CT molecular complexity index is 635. The zero-order valence-electron chi connectivity index (χ0n) is 20.2. The van der Waals surface area contributed by atoms with Crippen LogP contribution in [0.1, 0.15) is 105 Å². The Kier molecular flexibility index (Phi) is 6.89. The molecule has 0 aromatic heterocycles. The van der Waals surface area contributed by atoms with E-state index in [4.69, 9.17) is 0 Å². The van der Waals surface area contributed by atoms with Crippen molar-refractivity contribution < 1.29 is 15.7 Å². The Hall–Kier alpha value is -0.380. The SMILES string of the molecule is C[C@H](CCCC(C)(C)O)[C@H]1CC[C@H]2[C@@H]3CC=C4C[C@@H](O)CC[C@]4(C)[C@H]3CC[C@]12C.O. The maximum Gasteiger partial charge on any atom is 0.0591 e. The van der Waals surface area contributed by atoms with Crippen molar-refractivity contribution in [2.45, 2.75) is 117 Å². The fourth-order valence-electron chi connectivity index (χ4n) is 8.67. The minimum absolute atomic E-state index is 0. The summed E-state index contributed by atoms with van der Waals surface area (Å²) in [6.07, 6.45) is 15.9. The summed E-state index contributed by atoms with van der Waals surface area (Å²) in [6.45, 7) is 11.6. The van der Waals surface area contributed by atoms with E-state index in [0.717, 1.165) is 55.3 Å². The molecule has 0 aromatic rings. The lowest BCUT2D eigenvalue weighted by Crippen LogP contribution is -2.50. The van der Waals surface area contributed by atoms with Crippen LogP contribution in [0.2, 0.25) is 0 Å². The molecule has 3 nitrogen and oxygen atoms in total. The highest BCUT2D eigenvalue weighted by molar-refractivity contribution is 5.25. The van der Waals surface area contributed by atoms with Crippen LogP contribution in [-0.2, 0) is 0 Å². The molecule has 4 aliphatic carbocycles. The van der Waals surface area contributed by atoms with Crippen molar-refractivity contribution in [3.05, 3.63) is 11.6 Å². The molecule has 3 saturated carbocycles. The van der Waals surface area contributed by atoms with Crippen LogP contribution in [-0.4, -0.2) is 27.4 Å². The number of rotatable bonds is 5. The largest absolute Gasteiger partial charge is 0.412 e. The van der Waals surface area contributed by atoms with E-state index in [1.54, 1.807) is 5.57 Å². The summed E-state index contributed by atoms with van der Waals surface area (Å²) in [5.41, 5.74) is 1.95. The van der Waals surface area contributed by atoms with Gasteiger partial charge in [-0.1, -0.05) is 45.3 Å². The standard InChI is InChI=1S/C27H46O2.H2O/c1-18(7-6-14-25(2,3)29)22-10-11-23-21-9-8-19-17-20(28)12-15-26(19,4)24(21)13-16-27(22,23)5;/h8,18,20-24,28-29H,6-7,9-17H2,1-5H3;1H2/t18-,20+,21+,22-,23+,24+,26+,27-;/m1./s1. The van der Waals surface area contributed by atoms with Crippen molar-refractivity contribution in [2.75, 3.05) is 0 Å². The van der Waals surface area contributed by atoms with E-state index in [-0.39, 0.29) is 11.6 Å². The molecule has 0 saturated heterocycles. The van der Waals surface area contributed by atoms with Gasteiger partial charge in [0.2, 0.25) is 0 Å². The van der Waals surface area contributed by atoms with E-state index < -0.39 is 5.60 Å². The molecule has 3 heteroatoms. The Morgan fingerprint density at radius 1 is 1.10 bits per heavy atom. The molecule has 0 aliphatic heterocycles. The molecule has 174 valence electrons. The second kappa shape index (κ2) is 8.52. The van der Waals surface area contributed by atoms with Gasteiger partial charge < -0.3 is 15.7 Å². The van der Waals surface area contributed by atoms with Crippen LogP contribution in [0.5, 0.6) is 0 Å². The van der Waals surface area contributed by atoms with Gasteiger partial charge in [0.15, 0.2) is 0 Å². The van der Waals surface area contributed by atoms with Crippen LogP contribution in [0.4, 0.5) is 0 Å². The zero-order valence-corrected chi connectivity index (χ0v) is 20.2. The van der Waals surface area contributed by atoms with Gasteiger partial charge in [0.05, 0.1) is 11.7 Å². The van der Waals surface area contributed by atoms with Gasteiger partial charge in [0.1, 0.15) is 0 Å². The highest BCUT2D eigenvalue weighted by Crippen LogP contribution is 2.67. The van der Waals surface area contributed by atoms with E-state index >= 15 is 0 Å². The molecule has 30 heavy (non-hydrogen) atoms. The van der Waals surface area contributed by atoms with Crippen molar-refractivity contribution in [3.8, 4) is 0 Å². The van der Waals surface area contributed by atoms with Gasteiger partial charge in [-0.3, -0.25) is 0 Å². The number of aliphatic hydroxyl groups is 2. The number of fused-ring (bicyclic) bond motifs is 5. The molecule has 4 N–H and O–H groups in total. The van der Waals surface area contributed by atoms with Crippen LogP contribution in [0.25, 0.3) is 0 Å². The fraction of sp³-hybridized carbons (Fsp3) is 0.926. The zero-order chi connectivity index (χ0) is 21.0. The molecule has 0 spiro atoms. The average molecular weight is 421 g/mol.